The monoisotopic (exact) mass is 392 g/mol. The summed E-state index contributed by atoms with van der Waals surface area (Å²) in [5, 5.41) is 13.1. The number of halogens is 1. The molecule has 2 aromatic carbocycles. The molecule has 0 saturated carbocycles. The van der Waals surface area contributed by atoms with E-state index in [-0.39, 0.29) is 18.1 Å². The first kappa shape index (κ1) is 17.2. The van der Waals surface area contributed by atoms with Crippen LogP contribution in [0, 0.1) is 5.82 Å². The van der Waals surface area contributed by atoms with Crippen LogP contribution in [0.1, 0.15) is 5.89 Å². The standard InChI is InChI=1S/C19H13FN6O3/c20-12-7-4-8-13(9-12)26-18(27)15-16(19(26)28)25(24-22-15)10-14-21-17(23-29-14)11-5-2-1-3-6-11/h1-9,15-16H,10H2/t15-,16+/m0/s1. The normalized spacial score (nSPS) is 20.6. The maximum Gasteiger partial charge on any atom is 0.263 e. The highest BCUT2D eigenvalue weighted by Gasteiger charge is 2.55. The minimum absolute atomic E-state index is 0.0144. The summed E-state index contributed by atoms with van der Waals surface area (Å²) < 4.78 is 18.8. The molecule has 0 unspecified atom stereocenters. The summed E-state index contributed by atoms with van der Waals surface area (Å²) in [5.74, 6) is -0.986. The number of aromatic nitrogens is 2. The maximum absolute atomic E-state index is 13.5. The maximum atomic E-state index is 13.5. The van der Waals surface area contributed by atoms with Gasteiger partial charge >= 0.3 is 0 Å². The van der Waals surface area contributed by atoms with Crippen molar-refractivity contribution in [2.75, 3.05) is 4.90 Å². The lowest BCUT2D eigenvalue weighted by Crippen LogP contribution is -2.39. The Hall–Kier alpha value is -3.95. The number of anilines is 1. The van der Waals surface area contributed by atoms with Crippen LogP contribution in [0.3, 0.4) is 0 Å². The number of fused-ring (bicyclic) bond motifs is 1. The van der Waals surface area contributed by atoms with Gasteiger partial charge in [-0.1, -0.05) is 46.8 Å². The van der Waals surface area contributed by atoms with Gasteiger partial charge in [-0.2, -0.15) is 10.1 Å². The van der Waals surface area contributed by atoms with Crippen molar-refractivity contribution in [2.24, 2.45) is 10.3 Å². The molecule has 1 aromatic heterocycles. The Balaban J connectivity index is 1.38. The van der Waals surface area contributed by atoms with E-state index in [9.17, 15) is 14.0 Å². The number of amides is 2. The second-order valence-corrected chi connectivity index (χ2v) is 6.56. The van der Waals surface area contributed by atoms with Gasteiger partial charge in [0, 0.05) is 5.56 Å². The number of benzene rings is 2. The average Bonchev–Trinajstić information content (AvgIpc) is 3.41. The van der Waals surface area contributed by atoms with Gasteiger partial charge in [0.15, 0.2) is 12.1 Å². The van der Waals surface area contributed by atoms with Crippen molar-refractivity contribution in [3.63, 3.8) is 0 Å². The third kappa shape index (κ3) is 2.85. The van der Waals surface area contributed by atoms with Gasteiger partial charge < -0.3 is 4.52 Å². The molecule has 2 aliphatic heterocycles. The van der Waals surface area contributed by atoms with Crippen molar-refractivity contribution in [3.05, 3.63) is 66.3 Å². The Morgan fingerprint density at radius 2 is 1.86 bits per heavy atom. The first-order chi connectivity index (χ1) is 14.1. The second kappa shape index (κ2) is 6.59. The SMILES string of the molecule is O=C1[C@H]2N=NN(Cc3nc(-c4ccccc4)no3)[C@H]2C(=O)N1c1cccc(F)c1. The molecule has 3 aromatic rings. The fraction of sp³-hybridized carbons (Fsp3) is 0.158. The van der Waals surface area contributed by atoms with Crippen molar-refractivity contribution in [3.8, 4) is 11.4 Å². The lowest BCUT2D eigenvalue weighted by Gasteiger charge is -2.19. The zero-order valence-electron chi connectivity index (χ0n) is 14.8. The summed E-state index contributed by atoms with van der Waals surface area (Å²) >= 11 is 0. The molecule has 2 atom stereocenters. The molecule has 0 N–H and O–H groups in total. The number of imide groups is 1. The van der Waals surface area contributed by atoms with Crippen LogP contribution in [-0.2, 0) is 16.1 Å². The van der Waals surface area contributed by atoms with Crippen LogP contribution >= 0.6 is 0 Å². The van der Waals surface area contributed by atoms with Crippen molar-refractivity contribution in [1.29, 1.82) is 0 Å². The van der Waals surface area contributed by atoms with E-state index in [0.717, 1.165) is 16.5 Å². The molecule has 0 aliphatic carbocycles. The lowest BCUT2D eigenvalue weighted by molar-refractivity contribution is -0.123. The van der Waals surface area contributed by atoms with E-state index in [4.69, 9.17) is 4.52 Å². The molecule has 0 radical (unpaired) electrons. The van der Waals surface area contributed by atoms with Gasteiger partial charge in [-0.25, -0.2) is 9.29 Å². The molecule has 1 saturated heterocycles. The van der Waals surface area contributed by atoms with Crippen LogP contribution in [-0.4, -0.2) is 39.0 Å². The Morgan fingerprint density at radius 3 is 2.66 bits per heavy atom. The van der Waals surface area contributed by atoms with Gasteiger partial charge in [-0.3, -0.25) is 14.6 Å². The molecule has 3 heterocycles. The Bertz CT molecular complexity index is 1130. The molecule has 29 heavy (non-hydrogen) atoms. The smallest absolute Gasteiger partial charge is 0.263 e. The van der Waals surface area contributed by atoms with Gasteiger partial charge in [-0.15, -0.1) is 0 Å². The van der Waals surface area contributed by atoms with E-state index < -0.39 is 29.7 Å². The minimum atomic E-state index is -0.984. The number of hydrogen-bond donors (Lipinski definition) is 0. The molecular weight excluding hydrogens is 379 g/mol. The second-order valence-electron chi connectivity index (χ2n) is 6.56. The Kier molecular flexibility index (Phi) is 3.90. The zero-order chi connectivity index (χ0) is 20.0. The van der Waals surface area contributed by atoms with E-state index in [0.29, 0.717) is 5.82 Å². The topological polar surface area (TPSA) is 104 Å². The highest BCUT2D eigenvalue weighted by Crippen LogP contribution is 2.33. The quantitative estimate of drug-likeness (QED) is 0.632. The van der Waals surface area contributed by atoms with Crippen LogP contribution in [0.5, 0.6) is 0 Å². The molecule has 0 bridgehead atoms. The summed E-state index contributed by atoms with van der Waals surface area (Å²) in [6.07, 6.45) is 0. The van der Waals surface area contributed by atoms with Gasteiger partial charge in [0.1, 0.15) is 12.4 Å². The first-order valence-corrected chi connectivity index (χ1v) is 8.80. The van der Waals surface area contributed by atoms with Gasteiger partial charge in [0.2, 0.25) is 11.7 Å². The molecule has 144 valence electrons. The van der Waals surface area contributed by atoms with E-state index in [1.54, 1.807) is 0 Å². The summed E-state index contributed by atoms with van der Waals surface area (Å²) in [7, 11) is 0. The Labute approximate surface area is 163 Å². The van der Waals surface area contributed by atoms with Crippen molar-refractivity contribution in [2.45, 2.75) is 18.6 Å². The van der Waals surface area contributed by atoms with Crippen molar-refractivity contribution >= 4 is 17.5 Å². The molecular formula is C19H13FN6O3. The number of carbonyl (C=O) groups is 2. The van der Waals surface area contributed by atoms with Crippen molar-refractivity contribution < 1.29 is 18.5 Å². The van der Waals surface area contributed by atoms with Crippen LogP contribution in [0.15, 0.2) is 69.5 Å². The molecule has 2 amide bonds. The van der Waals surface area contributed by atoms with Crippen molar-refractivity contribution in [1.82, 2.24) is 15.1 Å². The van der Waals surface area contributed by atoms with Gasteiger partial charge in [0.05, 0.1) is 5.69 Å². The summed E-state index contributed by atoms with van der Waals surface area (Å²) in [6.45, 7) is 0.0144. The van der Waals surface area contributed by atoms with Crippen LogP contribution in [0.2, 0.25) is 0 Å². The average molecular weight is 392 g/mol. The molecule has 2 aliphatic rings. The van der Waals surface area contributed by atoms with Gasteiger partial charge in [-0.05, 0) is 18.2 Å². The molecule has 0 spiro atoms. The third-order valence-electron chi connectivity index (χ3n) is 4.72. The number of hydrogen-bond acceptors (Lipinski definition) is 8. The lowest BCUT2D eigenvalue weighted by atomic mass is 10.1. The number of rotatable bonds is 4. The fourth-order valence-corrected chi connectivity index (χ4v) is 3.39. The van der Waals surface area contributed by atoms with E-state index in [1.807, 2.05) is 30.3 Å². The Morgan fingerprint density at radius 1 is 1.03 bits per heavy atom. The van der Waals surface area contributed by atoms with E-state index >= 15 is 0 Å². The molecule has 1 fully saturated rings. The highest BCUT2D eigenvalue weighted by atomic mass is 19.1. The summed E-state index contributed by atoms with van der Waals surface area (Å²) in [4.78, 5) is 30.8. The predicted octanol–water partition coefficient (Wildman–Crippen LogP) is 2.37. The van der Waals surface area contributed by atoms with Crippen LogP contribution < -0.4 is 4.90 Å². The van der Waals surface area contributed by atoms with E-state index in [2.05, 4.69) is 20.5 Å². The number of carbonyl (C=O) groups excluding carboxylic acids is 2. The predicted molar refractivity (Wildman–Crippen MR) is 96.6 cm³/mol. The largest absolute Gasteiger partial charge is 0.337 e. The summed E-state index contributed by atoms with van der Waals surface area (Å²) in [6, 6.07) is 12.6. The molecule has 5 rings (SSSR count). The molecule has 10 heteroatoms. The summed E-state index contributed by atoms with van der Waals surface area (Å²) in [5.41, 5.74) is 0.946. The van der Waals surface area contributed by atoms with E-state index in [1.165, 1.54) is 23.2 Å². The minimum Gasteiger partial charge on any atom is -0.337 e. The molecule has 9 nitrogen and oxygen atoms in total. The highest BCUT2D eigenvalue weighted by molar-refractivity contribution is 6.25. The fourth-order valence-electron chi connectivity index (χ4n) is 3.39. The van der Waals surface area contributed by atoms with Crippen LogP contribution in [0.4, 0.5) is 10.1 Å². The van der Waals surface area contributed by atoms with Gasteiger partial charge in [0.25, 0.3) is 11.8 Å². The zero-order valence-corrected chi connectivity index (χ0v) is 14.8. The van der Waals surface area contributed by atoms with Crippen LogP contribution in [0.25, 0.3) is 11.4 Å². The third-order valence-corrected chi connectivity index (χ3v) is 4.72. The first-order valence-electron chi connectivity index (χ1n) is 8.80. The number of nitrogens with zero attached hydrogens (tertiary/aromatic N) is 6.